The van der Waals surface area contributed by atoms with Crippen LogP contribution >= 0.6 is 0 Å². The van der Waals surface area contributed by atoms with Gasteiger partial charge in [-0.3, -0.25) is 0 Å². The maximum absolute atomic E-state index is 12.2. The zero-order valence-electron chi connectivity index (χ0n) is 11.4. The van der Waals surface area contributed by atoms with Gasteiger partial charge in [0.05, 0.1) is 0 Å². The van der Waals surface area contributed by atoms with E-state index in [9.17, 15) is 13.2 Å². The van der Waals surface area contributed by atoms with E-state index in [1.165, 1.54) is 12.1 Å². The Bertz CT molecular complexity index is 391. The van der Waals surface area contributed by atoms with Crippen LogP contribution in [0.3, 0.4) is 0 Å². The van der Waals surface area contributed by atoms with Gasteiger partial charge in [0, 0.05) is 18.2 Å². The molecule has 5 heteroatoms. The summed E-state index contributed by atoms with van der Waals surface area (Å²) in [5.41, 5.74) is 0.510. The summed E-state index contributed by atoms with van der Waals surface area (Å²) in [5, 5.41) is 3.21. The van der Waals surface area contributed by atoms with Gasteiger partial charge in [-0.25, -0.2) is 0 Å². The van der Waals surface area contributed by atoms with E-state index in [0.717, 1.165) is 6.42 Å². The number of hydrogen-bond acceptors (Lipinski definition) is 2. The van der Waals surface area contributed by atoms with Crippen molar-refractivity contribution in [2.45, 2.75) is 46.1 Å². The van der Waals surface area contributed by atoms with Gasteiger partial charge in [-0.15, -0.1) is 13.2 Å². The molecular weight excluding hydrogens is 255 g/mol. The van der Waals surface area contributed by atoms with Crippen LogP contribution in [0, 0.1) is 5.92 Å². The van der Waals surface area contributed by atoms with E-state index in [4.69, 9.17) is 0 Å². The normalized spacial score (nSPS) is 13.6. The third kappa shape index (κ3) is 6.47. The van der Waals surface area contributed by atoms with Crippen LogP contribution in [-0.4, -0.2) is 12.4 Å². The average molecular weight is 275 g/mol. The summed E-state index contributed by atoms with van der Waals surface area (Å²) in [4.78, 5) is 0. The topological polar surface area (TPSA) is 21.3 Å². The first-order valence-corrected chi connectivity index (χ1v) is 6.35. The van der Waals surface area contributed by atoms with Crippen LogP contribution in [0.1, 0.15) is 32.8 Å². The average Bonchev–Trinajstić information content (AvgIpc) is 2.25. The van der Waals surface area contributed by atoms with Gasteiger partial charge in [-0.05, 0) is 25.3 Å². The van der Waals surface area contributed by atoms with Crippen molar-refractivity contribution >= 4 is 0 Å². The van der Waals surface area contributed by atoms with Crippen LogP contribution in [-0.2, 0) is 6.54 Å². The van der Waals surface area contributed by atoms with E-state index in [2.05, 4.69) is 23.9 Å². The van der Waals surface area contributed by atoms with Gasteiger partial charge in [0.2, 0.25) is 0 Å². The largest absolute Gasteiger partial charge is 0.573 e. The number of nitrogens with one attached hydrogen (secondary N) is 1. The maximum Gasteiger partial charge on any atom is 0.573 e. The molecule has 0 bridgehead atoms. The Hall–Kier alpha value is -1.23. The minimum absolute atomic E-state index is 0.140. The van der Waals surface area contributed by atoms with Crippen LogP contribution in [0.25, 0.3) is 0 Å². The van der Waals surface area contributed by atoms with Crippen molar-refractivity contribution in [2.24, 2.45) is 5.92 Å². The highest BCUT2D eigenvalue weighted by Crippen LogP contribution is 2.26. The third-order valence-electron chi connectivity index (χ3n) is 2.66. The first-order valence-electron chi connectivity index (χ1n) is 6.35. The Morgan fingerprint density at radius 2 is 1.79 bits per heavy atom. The van der Waals surface area contributed by atoms with Crippen molar-refractivity contribution in [3.8, 4) is 5.75 Å². The molecule has 1 aromatic carbocycles. The maximum atomic E-state index is 12.2. The van der Waals surface area contributed by atoms with Crippen LogP contribution in [0.5, 0.6) is 5.75 Å². The molecule has 1 rings (SSSR count). The number of alkyl halides is 3. The molecule has 1 aromatic rings. The van der Waals surface area contributed by atoms with Gasteiger partial charge in [0.15, 0.2) is 0 Å². The number of rotatable bonds is 6. The van der Waals surface area contributed by atoms with Gasteiger partial charge < -0.3 is 10.1 Å². The molecule has 0 aliphatic heterocycles. The third-order valence-corrected chi connectivity index (χ3v) is 2.66. The summed E-state index contributed by atoms with van der Waals surface area (Å²) in [6.45, 7) is 6.60. The quantitative estimate of drug-likeness (QED) is 0.843. The van der Waals surface area contributed by atoms with E-state index in [-0.39, 0.29) is 11.8 Å². The van der Waals surface area contributed by atoms with Crippen molar-refractivity contribution < 1.29 is 17.9 Å². The molecule has 0 amide bonds. The van der Waals surface area contributed by atoms with E-state index in [1.807, 2.05) is 6.92 Å². The Morgan fingerprint density at radius 3 is 2.37 bits per heavy atom. The fraction of sp³-hybridized carbons (Fsp3) is 0.571. The first kappa shape index (κ1) is 15.8. The smallest absolute Gasteiger partial charge is 0.405 e. The van der Waals surface area contributed by atoms with Gasteiger partial charge in [-0.1, -0.05) is 32.0 Å². The standard InChI is InChI=1S/C14H20F3NO/c1-10(2)8-11(3)18-9-12-6-4-5-7-13(12)19-14(15,16)17/h4-7,10-11,18H,8-9H2,1-3H3. The molecule has 0 aromatic heterocycles. The molecule has 0 saturated carbocycles. The number of halogens is 3. The molecule has 0 radical (unpaired) electrons. The molecule has 0 fully saturated rings. The second kappa shape index (κ2) is 6.80. The minimum atomic E-state index is -4.65. The molecule has 1 unspecified atom stereocenters. The fourth-order valence-electron chi connectivity index (χ4n) is 1.95. The molecule has 1 N–H and O–H groups in total. The van der Waals surface area contributed by atoms with Gasteiger partial charge in [-0.2, -0.15) is 0 Å². The second-order valence-corrected chi connectivity index (χ2v) is 5.07. The highest BCUT2D eigenvalue weighted by molar-refractivity contribution is 5.33. The molecule has 108 valence electrons. The summed E-state index contributed by atoms with van der Waals surface area (Å²) < 4.78 is 40.8. The summed E-state index contributed by atoms with van der Waals surface area (Å²) in [7, 11) is 0. The van der Waals surface area contributed by atoms with Crippen LogP contribution in [0.2, 0.25) is 0 Å². The number of para-hydroxylation sites is 1. The highest BCUT2D eigenvalue weighted by Gasteiger charge is 2.31. The van der Waals surface area contributed by atoms with E-state index < -0.39 is 6.36 Å². The number of hydrogen-bond donors (Lipinski definition) is 1. The lowest BCUT2D eigenvalue weighted by atomic mass is 10.0. The van der Waals surface area contributed by atoms with Crippen LogP contribution < -0.4 is 10.1 Å². The number of benzene rings is 1. The fourth-order valence-corrected chi connectivity index (χ4v) is 1.95. The van der Waals surface area contributed by atoms with Crippen molar-refractivity contribution in [3.63, 3.8) is 0 Å². The summed E-state index contributed by atoms with van der Waals surface area (Å²) in [5.74, 6) is 0.406. The predicted octanol–water partition coefficient (Wildman–Crippen LogP) is 4.11. The molecule has 2 nitrogen and oxygen atoms in total. The lowest BCUT2D eigenvalue weighted by molar-refractivity contribution is -0.274. The Balaban J connectivity index is 2.63. The summed E-state index contributed by atoms with van der Waals surface area (Å²) in [6, 6.07) is 6.45. The Morgan fingerprint density at radius 1 is 1.16 bits per heavy atom. The lowest BCUT2D eigenvalue weighted by Gasteiger charge is -2.18. The first-order chi connectivity index (χ1) is 8.78. The molecule has 0 spiro atoms. The molecule has 1 atom stereocenters. The summed E-state index contributed by atoms with van der Waals surface area (Å²) >= 11 is 0. The molecule has 0 aliphatic carbocycles. The van der Waals surface area contributed by atoms with Gasteiger partial charge >= 0.3 is 6.36 Å². The van der Waals surface area contributed by atoms with Crippen molar-refractivity contribution in [1.82, 2.24) is 5.32 Å². The molecule has 19 heavy (non-hydrogen) atoms. The predicted molar refractivity (Wildman–Crippen MR) is 68.9 cm³/mol. The zero-order valence-corrected chi connectivity index (χ0v) is 11.4. The van der Waals surface area contributed by atoms with E-state index >= 15 is 0 Å². The van der Waals surface area contributed by atoms with Crippen LogP contribution in [0.15, 0.2) is 24.3 Å². The van der Waals surface area contributed by atoms with Gasteiger partial charge in [0.25, 0.3) is 0 Å². The van der Waals surface area contributed by atoms with E-state index in [1.54, 1.807) is 12.1 Å². The zero-order chi connectivity index (χ0) is 14.5. The molecule has 0 aliphatic rings. The molecular formula is C14H20F3NO. The van der Waals surface area contributed by atoms with Crippen molar-refractivity contribution in [1.29, 1.82) is 0 Å². The summed E-state index contributed by atoms with van der Waals surface area (Å²) in [6.07, 6.45) is -3.68. The van der Waals surface area contributed by atoms with Crippen molar-refractivity contribution in [2.75, 3.05) is 0 Å². The van der Waals surface area contributed by atoms with Crippen LogP contribution in [0.4, 0.5) is 13.2 Å². The highest BCUT2D eigenvalue weighted by atomic mass is 19.4. The van der Waals surface area contributed by atoms with Gasteiger partial charge in [0.1, 0.15) is 5.75 Å². The van der Waals surface area contributed by atoms with Crippen molar-refractivity contribution in [3.05, 3.63) is 29.8 Å². The molecule has 0 heterocycles. The Labute approximate surface area is 112 Å². The lowest BCUT2D eigenvalue weighted by Crippen LogP contribution is -2.27. The van der Waals surface area contributed by atoms with E-state index in [0.29, 0.717) is 18.0 Å². The molecule has 0 saturated heterocycles. The number of ether oxygens (including phenoxy) is 1. The minimum Gasteiger partial charge on any atom is -0.405 e. The SMILES string of the molecule is CC(C)CC(C)NCc1ccccc1OC(F)(F)F. The second-order valence-electron chi connectivity index (χ2n) is 5.07. The monoisotopic (exact) mass is 275 g/mol. The Kier molecular flexibility index (Phi) is 5.66.